The SMILES string of the molecule is CCc1[nH]nc(C(=O)N2CC[C@]3(c4ccccc4)[C@@H](C2)OCC(=O)N3C)c1C. The summed E-state index contributed by atoms with van der Waals surface area (Å²) in [6, 6.07) is 9.99. The molecule has 3 heterocycles. The predicted octanol–water partition coefficient (Wildman–Crippen LogP) is 1.88. The quantitative estimate of drug-likeness (QED) is 0.879. The van der Waals surface area contributed by atoms with E-state index in [4.69, 9.17) is 4.74 Å². The van der Waals surface area contributed by atoms with Crippen molar-refractivity contribution in [3.8, 4) is 0 Å². The molecule has 2 amide bonds. The summed E-state index contributed by atoms with van der Waals surface area (Å²) >= 11 is 0. The van der Waals surface area contributed by atoms with Crippen molar-refractivity contribution < 1.29 is 14.3 Å². The second kappa shape index (κ2) is 7.05. The molecule has 7 heteroatoms. The lowest BCUT2D eigenvalue weighted by atomic mass is 9.76. The summed E-state index contributed by atoms with van der Waals surface area (Å²) in [6.45, 7) is 4.97. The number of carbonyl (C=O) groups is 2. The molecule has 1 aromatic heterocycles. The number of aromatic amines is 1. The number of hydrogen-bond acceptors (Lipinski definition) is 4. The number of rotatable bonds is 3. The van der Waals surface area contributed by atoms with Gasteiger partial charge in [-0.1, -0.05) is 37.3 Å². The number of fused-ring (bicyclic) bond motifs is 1. The molecule has 28 heavy (non-hydrogen) atoms. The van der Waals surface area contributed by atoms with Crippen LogP contribution in [0.5, 0.6) is 0 Å². The standard InChI is InChI=1S/C21H26N4O3/c1-4-16-14(2)19(23-22-16)20(27)25-11-10-21(15-8-6-5-7-9-15)17(12-25)28-13-18(26)24(21)3/h5-9,17H,4,10-13H2,1-3H3,(H,22,23)/t17-,21+/m1/s1. The summed E-state index contributed by atoms with van der Waals surface area (Å²) in [7, 11) is 1.84. The molecule has 0 bridgehead atoms. The normalized spacial score (nSPS) is 25.0. The van der Waals surface area contributed by atoms with Gasteiger partial charge in [0.1, 0.15) is 12.7 Å². The molecule has 0 saturated carbocycles. The predicted molar refractivity (Wildman–Crippen MR) is 104 cm³/mol. The molecule has 4 rings (SSSR count). The minimum atomic E-state index is -0.553. The zero-order chi connectivity index (χ0) is 19.9. The monoisotopic (exact) mass is 382 g/mol. The van der Waals surface area contributed by atoms with E-state index in [1.165, 1.54) is 0 Å². The van der Waals surface area contributed by atoms with Gasteiger partial charge in [-0.3, -0.25) is 14.7 Å². The summed E-state index contributed by atoms with van der Waals surface area (Å²) < 4.78 is 5.98. The van der Waals surface area contributed by atoms with Crippen molar-refractivity contribution in [3.63, 3.8) is 0 Å². The van der Waals surface area contributed by atoms with Crippen molar-refractivity contribution in [1.29, 1.82) is 0 Å². The fourth-order valence-electron chi connectivity index (χ4n) is 4.55. The molecule has 0 radical (unpaired) electrons. The molecule has 1 N–H and O–H groups in total. The number of benzene rings is 1. The number of morpholine rings is 1. The fraction of sp³-hybridized carbons (Fsp3) is 0.476. The van der Waals surface area contributed by atoms with E-state index in [2.05, 4.69) is 10.2 Å². The Morgan fingerprint density at radius 2 is 2.11 bits per heavy atom. The van der Waals surface area contributed by atoms with E-state index < -0.39 is 5.54 Å². The van der Waals surface area contributed by atoms with Gasteiger partial charge in [-0.25, -0.2) is 0 Å². The van der Waals surface area contributed by atoms with Gasteiger partial charge in [-0.15, -0.1) is 0 Å². The smallest absolute Gasteiger partial charge is 0.274 e. The molecule has 2 aliphatic rings. The van der Waals surface area contributed by atoms with E-state index in [0.29, 0.717) is 25.2 Å². The maximum Gasteiger partial charge on any atom is 0.274 e. The first kappa shape index (κ1) is 18.7. The molecular formula is C21H26N4O3. The van der Waals surface area contributed by atoms with Crippen molar-refractivity contribution in [3.05, 3.63) is 52.8 Å². The Morgan fingerprint density at radius 3 is 2.79 bits per heavy atom. The van der Waals surface area contributed by atoms with Crippen molar-refractivity contribution in [2.45, 2.75) is 38.3 Å². The average molecular weight is 382 g/mol. The van der Waals surface area contributed by atoms with Crippen LogP contribution in [0.15, 0.2) is 30.3 Å². The zero-order valence-corrected chi connectivity index (χ0v) is 16.6. The Labute approximate surface area is 164 Å². The number of piperidine rings is 1. The number of aryl methyl sites for hydroxylation is 1. The lowest BCUT2D eigenvalue weighted by Crippen LogP contribution is -2.67. The number of carbonyl (C=O) groups excluding carboxylic acids is 2. The highest BCUT2D eigenvalue weighted by atomic mass is 16.5. The van der Waals surface area contributed by atoms with E-state index >= 15 is 0 Å². The largest absolute Gasteiger partial charge is 0.364 e. The van der Waals surface area contributed by atoms with Crippen LogP contribution in [-0.2, 0) is 21.5 Å². The van der Waals surface area contributed by atoms with Gasteiger partial charge >= 0.3 is 0 Å². The van der Waals surface area contributed by atoms with E-state index in [1.807, 2.05) is 56.1 Å². The van der Waals surface area contributed by atoms with Crippen molar-refractivity contribution >= 4 is 11.8 Å². The summed E-state index contributed by atoms with van der Waals surface area (Å²) in [5.74, 6) is -0.117. The van der Waals surface area contributed by atoms with Crippen LogP contribution >= 0.6 is 0 Å². The number of ether oxygens (including phenoxy) is 1. The third-order valence-electron chi connectivity index (χ3n) is 6.29. The second-order valence-corrected chi connectivity index (χ2v) is 7.57. The van der Waals surface area contributed by atoms with Gasteiger partial charge in [-0.2, -0.15) is 5.10 Å². The van der Waals surface area contributed by atoms with Crippen LogP contribution < -0.4 is 0 Å². The molecular weight excluding hydrogens is 356 g/mol. The fourth-order valence-corrected chi connectivity index (χ4v) is 4.55. The zero-order valence-electron chi connectivity index (χ0n) is 16.6. The highest BCUT2D eigenvalue weighted by Gasteiger charge is 2.53. The Hall–Kier alpha value is -2.67. The Balaban J connectivity index is 1.65. The number of aromatic nitrogens is 2. The van der Waals surface area contributed by atoms with Gasteiger partial charge < -0.3 is 14.5 Å². The van der Waals surface area contributed by atoms with Gasteiger partial charge in [-0.05, 0) is 25.3 Å². The van der Waals surface area contributed by atoms with E-state index in [-0.39, 0.29) is 24.5 Å². The second-order valence-electron chi connectivity index (χ2n) is 7.57. The Morgan fingerprint density at radius 1 is 1.36 bits per heavy atom. The highest BCUT2D eigenvalue weighted by Crippen LogP contribution is 2.42. The molecule has 1 aromatic carbocycles. The van der Waals surface area contributed by atoms with Gasteiger partial charge in [0, 0.05) is 31.4 Å². The van der Waals surface area contributed by atoms with Crippen LogP contribution in [0.2, 0.25) is 0 Å². The molecule has 2 saturated heterocycles. The number of amides is 2. The summed E-state index contributed by atoms with van der Waals surface area (Å²) in [4.78, 5) is 29.2. The third-order valence-corrected chi connectivity index (χ3v) is 6.29. The van der Waals surface area contributed by atoms with Crippen LogP contribution in [0, 0.1) is 6.92 Å². The number of likely N-dealkylation sites (N-methyl/N-ethyl adjacent to an activating group) is 1. The summed E-state index contributed by atoms with van der Waals surface area (Å²) in [5, 5.41) is 7.21. The molecule has 2 atom stereocenters. The molecule has 2 aliphatic heterocycles. The summed E-state index contributed by atoms with van der Waals surface area (Å²) in [5.41, 5.74) is 2.86. The van der Waals surface area contributed by atoms with Gasteiger partial charge in [0.2, 0.25) is 5.91 Å². The highest BCUT2D eigenvalue weighted by molar-refractivity contribution is 5.94. The third kappa shape index (κ3) is 2.73. The number of nitrogens with one attached hydrogen (secondary N) is 1. The first-order valence-electron chi connectivity index (χ1n) is 9.76. The lowest BCUT2D eigenvalue weighted by Gasteiger charge is -2.54. The lowest BCUT2D eigenvalue weighted by molar-refractivity contribution is -0.180. The molecule has 0 spiro atoms. The van der Waals surface area contributed by atoms with Crippen molar-refractivity contribution in [2.75, 3.05) is 26.7 Å². The van der Waals surface area contributed by atoms with Crippen LogP contribution in [0.4, 0.5) is 0 Å². The van der Waals surface area contributed by atoms with E-state index in [0.717, 1.165) is 23.2 Å². The molecule has 0 unspecified atom stereocenters. The Bertz CT molecular complexity index is 894. The average Bonchev–Trinajstić information content (AvgIpc) is 3.11. The van der Waals surface area contributed by atoms with Crippen LogP contribution in [0.25, 0.3) is 0 Å². The molecule has 2 aromatic rings. The summed E-state index contributed by atoms with van der Waals surface area (Å²) in [6.07, 6.45) is 1.15. The maximum atomic E-state index is 13.1. The molecule has 148 valence electrons. The molecule has 0 aliphatic carbocycles. The minimum Gasteiger partial charge on any atom is -0.364 e. The van der Waals surface area contributed by atoms with Crippen molar-refractivity contribution in [2.24, 2.45) is 0 Å². The Kier molecular flexibility index (Phi) is 4.71. The van der Waals surface area contributed by atoms with Gasteiger partial charge in [0.15, 0.2) is 5.69 Å². The maximum absolute atomic E-state index is 13.1. The molecule has 2 fully saturated rings. The van der Waals surface area contributed by atoms with E-state index in [1.54, 1.807) is 4.90 Å². The van der Waals surface area contributed by atoms with Crippen LogP contribution in [0.1, 0.15) is 40.7 Å². The number of likely N-dealkylation sites (tertiary alicyclic amines) is 1. The number of H-pyrrole nitrogens is 1. The topological polar surface area (TPSA) is 78.5 Å². The van der Waals surface area contributed by atoms with Gasteiger partial charge in [0.05, 0.1) is 5.54 Å². The van der Waals surface area contributed by atoms with Crippen LogP contribution in [0.3, 0.4) is 0 Å². The first-order valence-corrected chi connectivity index (χ1v) is 9.76. The van der Waals surface area contributed by atoms with Crippen molar-refractivity contribution in [1.82, 2.24) is 20.0 Å². The van der Waals surface area contributed by atoms with Gasteiger partial charge in [0.25, 0.3) is 5.91 Å². The van der Waals surface area contributed by atoms with Crippen LogP contribution in [-0.4, -0.2) is 64.7 Å². The van der Waals surface area contributed by atoms with E-state index in [9.17, 15) is 9.59 Å². The first-order chi connectivity index (χ1) is 13.5. The number of nitrogens with zero attached hydrogens (tertiary/aromatic N) is 3. The minimum absolute atomic E-state index is 0.0318. The number of hydrogen-bond donors (Lipinski definition) is 1. The molecule has 7 nitrogen and oxygen atoms in total.